The molecular formula is C20H25BrN2O3S2. The van der Waals surface area contributed by atoms with Crippen molar-refractivity contribution in [3.8, 4) is 0 Å². The number of nitrogens with one attached hydrogen (secondary N) is 1. The summed E-state index contributed by atoms with van der Waals surface area (Å²) in [6.07, 6.45) is 1.05. The molecule has 2 heterocycles. The Labute approximate surface area is 179 Å². The van der Waals surface area contributed by atoms with Crippen molar-refractivity contribution in [3.05, 3.63) is 45.7 Å². The largest absolute Gasteiger partial charge is 0.326 e. The van der Waals surface area contributed by atoms with E-state index in [2.05, 4.69) is 42.0 Å². The normalized spacial score (nSPS) is 16.9. The number of sulfonamides is 1. The van der Waals surface area contributed by atoms with E-state index in [9.17, 15) is 13.2 Å². The maximum absolute atomic E-state index is 12.7. The zero-order valence-electron chi connectivity index (χ0n) is 16.2. The second-order valence-corrected chi connectivity index (χ2v) is 12.7. The first kappa shape index (κ1) is 21.5. The molecule has 2 aromatic rings. The molecule has 1 fully saturated rings. The molecule has 0 spiro atoms. The molecule has 1 aliphatic rings. The Balaban J connectivity index is 1.58. The lowest BCUT2D eigenvalue weighted by molar-refractivity contribution is -0.120. The number of piperidine rings is 1. The van der Waals surface area contributed by atoms with Crippen molar-refractivity contribution in [2.24, 2.45) is 5.92 Å². The predicted octanol–water partition coefficient (Wildman–Crippen LogP) is 4.85. The number of hydrogen-bond acceptors (Lipinski definition) is 4. The van der Waals surface area contributed by atoms with Gasteiger partial charge >= 0.3 is 0 Å². The molecule has 5 nitrogen and oxygen atoms in total. The van der Waals surface area contributed by atoms with Gasteiger partial charge in [0.05, 0.1) is 3.79 Å². The van der Waals surface area contributed by atoms with E-state index in [0.29, 0.717) is 30.1 Å². The minimum absolute atomic E-state index is 0.0422. The van der Waals surface area contributed by atoms with Gasteiger partial charge in [-0.05, 0) is 64.0 Å². The van der Waals surface area contributed by atoms with Crippen molar-refractivity contribution in [2.75, 3.05) is 18.4 Å². The minimum atomic E-state index is -3.48. The minimum Gasteiger partial charge on any atom is -0.326 e. The fraction of sp³-hybridized carbons (Fsp3) is 0.450. The van der Waals surface area contributed by atoms with Crippen LogP contribution in [0.3, 0.4) is 0 Å². The number of thiophene rings is 1. The Morgan fingerprint density at radius 3 is 2.21 bits per heavy atom. The summed E-state index contributed by atoms with van der Waals surface area (Å²) in [6.45, 7) is 7.17. The van der Waals surface area contributed by atoms with Gasteiger partial charge in [0.25, 0.3) is 10.0 Å². The summed E-state index contributed by atoms with van der Waals surface area (Å²) in [7, 11) is -3.48. The number of halogens is 1. The van der Waals surface area contributed by atoms with Gasteiger partial charge in [-0.1, -0.05) is 32.9 Å². The summed E-state index contributed by atoms with van der Waals surface area (Å²) in [5.74, 6) is -0.219. The van der Waals surface area contributed by atoms with Gasteiger partial charge in [-0.2, -0.15) is 4.31 Å². The maximum atomic E-state index is 12.7. The zero-order chi connectivity index (χ0) is 20.5. The number of benzene rings is 1. The molecule has 1 aliphatic heterocycles. The number of rotatable bonds is 4. The van der Waals surface area contributed by atoms with Crippen molar-refractivity contribution < 1.29 is 13.2 Å². The molecule has 1 saturated heterocycles. The number of hydrogen-bond donors (Lipinski definition) is 1. The average Bonchev–Trinajstić information content (AvgIpc) is 3.09. The van der Waals surface area contributed by atoms with E-state index in [-0.39, 0.29) is 17.2 Å². The van der Waals surface area contributed by atoms with Gasteiger partial charge in [0.15, 0.2) is 0 Å². The van der Waals surface area contributed by atoms with E-state index < -0.39 is 10.0 Å². The maximum Gasteiger partial charge on any atom is 0.252 e. The number of anilines is 1. The van der Waals surface area contributed by atoms with Crippen molar-refractivity contribution in [1.29, 1.82) is 0 Å². The molecule has 1 N–H and O–H groups in total. The molecule has 0 saturated carbocycles. The second-order valence-electron chi connectivity index (χ2n) is 8.05. The molecule has 0 bridgehead atoms. The summed E-state index contributed by atoms with van der Waals surface area (Å²) in [4.78, 5) is 12.6. The standard InChI is InChI=1S/C20H25BrN2O3S2/c1-20(2,3)15-4-6-16(7-5-15)22-19(24)14-10-12-23(13-11-14)28(25,26)18-9-8-17(21)27-18/h4-9,14H,10-13H2,1-3H3,(H,22,24). The molecule has 8 heteroatoms. The third-order valence-electron chi connectivity index (χ3n) is 4.99. The first-order chi connectivity index (χ1) is 13.1. The molecule has 152 valence electrons. The average molecular weight is 485 g/mol. The molecule has 0 radical (unpaired) electrons. The fourth-order valence-electron chi connectivity index (χ4n) is 3.22. The summed E-state index contributed by atoms with van der Waals surface area (Å²) >= 11 is 4.51. The lowest BCUT2D eigenvalue weighted by Gasteiger charge is -2.30. The topological polar surface area (TPSA) is 66.5 Å². The van der Waals surface area contributed by atoms with Crippen LogP contribution in [0.15, 0.2) is 44.4 Å². The Morgan fingerprint density at radius 1 is 1.11 bits per heavy atom. The molecule has 0 atom stereocenters. The highest BCUT2D eigenvalue weighted by Crippen LogP contribution is 2.31. The first-order valence-corrected chi connectivity index (χ1v) is 12.3. The van der Waals surface area contributed by atoms with Crippen LogP contribution in [0.1, 0.15) is 39.2 Å². The Hall–Kier alpha value is -1.22. The van der Waals surface area contributed by atoms with E-state index in [1.165, 1.54) is 21.2 Å². The van der Waals surface area contributed by atoms with Gasteiger partial charge in [-0.25, -0.2) is 8.42 Å². The van der Waals surface area contributed by atoms with E-state index in [1.807, 2.05) is 24.3 Å². The van der Waals surface area contributed by atoms with E-state index in [1.54, 1.807) is 12.1 Å². The summed E-state index contributed by atoms with van der Waals surface area (Å²) in [5.41, 5.74) is 2.06. The number of nitrogens with zero attached hydrogens (tertiary/aromatic N) is 1. The van der Waals surface area contributed by atoms with Crippen LogP contribution in [0.5, 0.6) is 0 Å². The highest BCUT2D eigenvalue weighted by Gasteiger charge is 2.32. The van der Waals surface area contributed by atoms with Gasteiger partial charge in [0.1, 0.15) is 4.21 Å². The van der Waals surface area contributed by atoms with Crippen LogP contribution in [0.25, 0.3) is 0 Å². The first-order valence-electron chi connectivity index (χ1n) is 9.24. The number of amides is 1. The Kier molecular flexibility index (Phi) is 6.34. The second kappa shape index (κ2) is 8.26. The highest BCUT2D eigenvalue weighted by molar-refractivity contribution is 9.11. The van der Waals surface area contributed by atoms with E-state index in [0.717, 1.165) is 9.47 Å². The molecular weight excluding hydrogens is 460 g/mol. The van der Waals surface area contributed by atoms with Gasteiger partial charge < -0.3 is 5.32 Å². The molecule has 1 amide bonds. The third kappa shape index (κ3) is 4.84. The van der Waals surface area contributed by atoms with Crippen LogP contribution in [0, 0.1) is 5.92 Å². The smallest absolute Gasteiger partial charge is 0.252 e. The van der Waals surface area contributed by atoms with Crippen molar-refractivity contribution in [1.82, 2.24) is 4.31 Å². The molecule has 3 rings (SSSR count). The summed E-state index contributed by atoms with van der Waals surface area (Å²) in [5, 5.41) is 2.97. The van der Waals surface area contributed by atoms with Crippen LogP contribution < -0.4 is 5.32 Å². The van der Waals surface area contributed by atoms with Crippen molar-refractivity contribution >= 4 is 48.9 Å². The van der Waals surface area contributed by atoms with Crippen molar-refractivity contribution in [2.45, 2.75) is 43.2 Å². The molecule has 0 aliphatic carbocycles. The molecule has 1 aromatic heterocycles. The SMILES string of the molecule is CC(C)(C)c1ccc(NC(=O)C2CCN(S(=O)(=O)c3ccc(Br)s3)CC2)cc1. The zero-order valence-corrected chi connectivity index (χ0v) is 19.5. The van der Waals surface area contributed by atoms with Gasteiger partial charge in [0.2, 0.25) is 5.91 Å². The van der Waals surface area contributed by atoms with E-state index in [4.69, 9.17) is 0 Å². The van der Waals surface area contributed by atoms with Crippen LogP contribution in [0.4, 0.5) is 5.69 Å². The van der Waals surface area contributed by atoms with Gasteiger partial charge in [-0.15, -0.1) is 11.3 Å². The van der Waals surface area contributed by atoms with Crippen LogP contribution in [0.2, 0.25) is 0 Å². The molecule has 28 heavy (non-hydrogen) atoms. The van der Waals surface area contributed by atoms with E-state index >= 15 is 0 Å². The Morgan fingerprint density at radius 2 is 1.71 bits per heavy atom. The molecule has 1 aromatic carbocycles. The van der Waals surface area contributed by atoms with Crippen molar-refractivity contribution in [3.63, 3.8) is 0 Å². The quantitative estimate of drug-likeness (QED) is 0.674. The highest BCUT2D eigenvalue weighted by atomic mass is 79.9. The van der Waals surface area contributed by atoms with Gasteiger partial charge in [-0.3, -0.25) is 4.79 Å². The molecule has 0 unspecified atom stereocenters. The lowest BCUT2D eigenvalue weighted by atomic mass is 9.87. The third-order valence-corrected chi connectivity index (χ3v) is 8.98. The number of carbonyl (C=O) groups excluding carboxylic acids is 1. The monoisotopic (exact) mass is 484 g/mol. The predicted molar refractivity (Wildman–Crippen MR) is 117 cm³/mol. The Bertz CT molecular complexity index is 939. The van der Waals surface area contributed by atoms with Crippen LogP contribution >= 0.6 is 27.3 Å². The summed E-state index contributed by atoms with van der Waals surface area (Å²) in [6, 6.07) is 11.3. The van der Waals surface area contributed by atoms with Gasteiger partial charge in [0, 0.05) is 24.7 Å². The fourth-order valence-corrected chi connectivity index (χ4v) is 6.85. The number of carbonyl (C=O) groups is 1. The lowest BCUT2D eigenvalue weighted by Crippen LogP contribution is -2.41. The summed E-state index contributed by atoms with van der Waals surface area (Å²) < 4.78 is 28.0. The van der Waals surface area contributed by atoms with Crippen LogP contribution in [-0.4, -0.2) is 31.7 Å². The van der Waals surface area contributed by atoms with Crippen LogP contribution in [-0.2, 0) is 20.2 Å².